The van der Waals surface area contributed by atoms with Crippen molar-refractivity contribution >= 4 is 34.8 Å². The summed E-state index contributed by atoms with van der Waals surface area (Å²) in [4.78, 5) is 0. The zero-order valence-corrected chi connectivity index (χ0v) is 6.30. The van der Waals surface area contributed by atoms with E-state index in [1.807, 2.05) is 0 Å². The first-order valence-corrected chi connectivity index (χ1v) is 3.13. The maximum absolute atomic E-state index is 12.5. The predicted octanol–water partition coefficient (Wildman–Crippen LogP) is 1.98. The highest BCUT2D eigenvalue weighted by Gasteiger charge is 2.57. The Labute approximate surface area is 65.8 Å². The molecular formula is C3H2Cl3FO2. The van der Waals surface area contributed by atoms with E-state index in [1.54, 1.807) is 0 Å². The number of alkyl halides is 4. The minimum absolute atomic E-state index is 0.340. The summed E-state index contributed by atoms with van der Waals surface area (Å²) in [5.74, 6) is 0. The number of halogens is 4. The molecule has 0 aromatic rings. The summed E-state index contributed by atoms with van der Waals surface area (Å²) in [6.45, 7) is -0.340. The van der Waals surface area contributed by atoms with Crippen molar-refractivity contribution in [3.05, 3.63) is 0 Å². The first-order chi connectivity index (χ1) is 3.96. The van der Waals surface area contributed by atoms with Crippen LogP contribution in [0.1, 0.15) is 0 Å². The lowest BCUT2D eigenvalue weighted by Crippen LogP contribution is -2.33. The minimum Gasteiger partial charge on any atom is -0.314 e. The number of rotatable bonds is 0. The molecular weight excluding hydrogens is 193 g/mol. The molecule has 0 saturated carbocycles. The normalized spacial score (nSPS) is 41.3. The summed E-state index contributed by atoms with van der Waals surface area (Å²) >= 11 is 15.3. The van der Waals surface area contributed by atoms with Crippen LogP contribution in [-0.4, -0.2) is 16.6 Å². The molecule has 1 heterocycles. The van der Waals surface area contributed by atoms with Crippen LogP contribution in [0.4, 0.5) is 4.39 Å². The van der Waals surface area contributed by atoms with Crippen LogP contribution in [0.15, 0.2) is 0 Å². The van der Waals surface area contributed by atoms with Gasteiger partial charge in [-0.15, -0.1) is 0 Å². The van der Waals surface area contributed by atoms with E-state index in [2.05, 4.69) is 9.47 Å². The van der Waals surface area contributed by atoms with Gasteiger partial charge in [-0.3, -0.25) is 0 Å². The van der Waals surface area contributed by atoms with Gasteiger partial charge in [-0.25, -0.2) is 0 Å². The standard InChI is InChI=1S/C3H2Cl3FO2/c4-2(5)3(6,7)9-1-8-2/h1H2. The van der Waals surface area contributed by atoms with Crippen LogP contribution in [-0.2, 0) is 9.47 Å². The lowest BCUT2D eigenvalue weighted by molar-refractivity contribution is -0.0392. The molecule has 2 nitrogen and oxygen atoms in total. The summed E-state index contributed by atoms with van der Waals surface area (Å²) in [6, 6.07) is 0. The van der Waals surface area contributed by atoms with Gasteiger partial charge in [0.25, 0.3) is 4.52 Å². The molecule has 0 aliphatic carbocycles. The Balaban J connectivity index is 2.75. The van der Waals surface area contributed by atoms with Crippen molar-refractivity contribution in [2.75, 3.05) is 6.79 Å². The van der Waals surface area contributed by atoms with Gasteiger partial charge in [0.05, 0.1) is 0 Å². The fourth-order valence-corrected chi connectivity index (χ4v) is 0.643. The monoisotopic (exact) mass is 194 g/mol. The smallest absolute Gasteiger partial charge is 0.314 e. The summed E-state index contributed by atoms with van der Waals surface area (Å²) < 4.78 is 19.0. The van der Waals surface area contributed by atoms with E-state index in [0.717, 1.165) is 0 Å². The minimum atomic E-state index is -2.63. The van der Waals surface area contributed by atoms with Crippen LogP contribution in [0, 0.1) is 0 Å². The van der Waals surface area contributed by atoms with Crippen molar-refractivity contribution in [3.63, 3.8) is 0 Å². The Kier molecular flexibility index (Phi) is 1.83. The van der Waals surface area contributed by atoms with Crippen LogP contribution in [0.25, 0.3) is 0 Å². The Morgan fingerprint density at radius 3 is 1.89 bits per heavy atom. The van der Waals surface area contributed by atoms with Crippen molar-refractivity contribution in [2.24, 2.45) is 0 Å². The number of hydrogen-bond donors (Lipinski definition) is 0. The molecule has 0 aromatic carbocycles. The first-order valence-electron chi connectivity index (χ1n) is 1.99. The predicted molar refractivity (Wildman–Crippen MR) is 31.2 cm³/mol. The molecule has 1 fully saturated rings. The second-order valence-electron chi connectivity index (χ2n) is 1.44. The molecule has 1 rings (SSSR count). The van der Waals surface area contributed by atoms with Gasteiger partial charge in [0, 0.05) is 0 Å². The Morgan fingerprint density at radius 2 is 1.78 bits per heavy atom. The highest BCUT2D eigenvalue weighted by molar-refractivity contribution is 6.51. The summed E-state index contributed by atoms with van der Waals surface area (Å²) in [7, 11) is 0. The second kappa shape index (κ2) is 2.10. The highest BCUT2D eigenvalue weighted by atomic mass is 35.5. The molecule has 0 amide bonds. The average molecular weight is 195 g/mol. The Hall–Kier alpha value is 0.720. The second-order valence-corrected chi connectivity index (χ2v) is 3.18. The van der Waals surface area contributed by atoms with Crippen LogP contribution in [0.5, 0.6) is 0 Å². The van der Waals surface area contributed by atoms with E-state index < -0.39 is 9.83 Å². The topological polar surface area (TPSA) is 18.5 Å². The molecule has 1 aliphatic rings. The molecule has 0 radical (unpaired) electrons. The fraction of sp³-hybridized carbons (Fsp3) is 1.00. The summed E-state index contributed by atoms with van der Waals surface area (Å²) in [5, 5.41) is -2.63. The van der Waals surface area contributed by atoms with Gasteiger partial charge in [-0.2, -0.15) is 4.39 Å². The van der Waals surface area contributed by atoms with Crippen molar-refractivity contribution in [2.45, 2.75) is 9.83 Å². The van der Waals surface area contributed by atoms with Gasteiger partial charge >= 0.3 is 5.31 Å². The molecule has 0 aromatic heterocycles. The Bertz CT molecular complexity index is 112. The SMILES string of the molecule is FC1(Cl)OCOC1(Cl)Cl. The summed E-state index contributed by atoms with van der Waals surface area (Å²) in [5.41, 5.74) is 0. The van der Waals surface area contributed by atoms with Gasteiger partial charge in [0.1, 0.15) is 0 Å². The number of hydrogen-bond acceptors (Lipinski definition) is 2. The quantitative estimate of drug-likeness (QED) is 0.550. The van der Waals surface area contributed by atoms with Gasteiger partial charge in [0.15, 0.2) is 6.79 Å². The van der Waals surface area contributed by atoms with E-state index in [-0.39, 0.29) is 6.79 Å². The zero-order valence-electron chi connectivity index (χ0n) is 4.04. The van der Waals surface area contributed by atoms with Gasteiger partial charge < -0.3 is 9.47 Å². The Morgan fingerprint density at radius 1 is 1.22 bits per heavy atom. The van der Waals surface area contributed by atoms with E-state index in [1.165, 1.54) is 0 Å². The largest absolute Gasteiger partial charge is 0.347 e. The van der Waals surface area contributed by atoms with E-state index >= 15 is 0 Å². The third kappa shape index (κ3) is 1.25. The maximum Gasteiger partial charge on any atom is 0.347 e. The van der Waals surface area contributed by atoms with Crippen molar-refractivity contribution < 1.29 is 13.9 Å². The molecule has 54 valence electrons. The molecule has 0 N–H and O–H groups in total. The van der Waals surface area contributed by atoms with E-state index in [9.17, 15) is 4.39 Å². The zero-order chi connectivity index (χ0) is 7.12. The van der Waals surface area contributed by atoms with E-state index in [4.69, 9.17) is 34.8 Å². The summed E-state index contributed by atoms with van der Waals surface area (Å²) in [6.07, 6.45) is 0. The van der Waals surface area contributed by atoms with Crippen LogP contribution >= 0.6 is 34.8 Å². The molecule has 1 saturated heterocycles. The molecule has 1 aliphatic heterocycles. The third-order valence-corrected chi connectivity index (χ3v) is 2.09. The highest BCUT2D eigenvalue weighted by Crippen LogP contribution is 2.46. The first kappa shape index (κ1) is 7.82. The lowest BCUT2D eigenvalue weighted by Gasteiger charge is -2.17. The number of ether oxygens (including phenoxy) is 2. The molecule has 6 heteroatoms. The molecule has 0 bridgehead atoms. The fourth-order valence-electron chi connectivity index (χ4n) is 0.346. The van der Waals surface area contributed by atoms with Gasteiger partial charge in [0.2, 0.25) is 0 Å². The van der Waals surface area contributed by atoms with Crippen LogP contribution in [0.3, 0.4) is 0 Å². The average Bonchev–Trinajstić information content (AvgIpc) is 1.81. The molecule has 1 unspecified atom stereocenters. The van der Waals surface area contributed by atoms with Crippen LogP contribution in [0.2, 0.25) is 0 Å². The van der Waals surface area contributed by atoms with Crippen molar-refractivity contribution in [3.8, 4) is 0 Å². The molecule has 9 heavy (non-hydrogen) atoms. The van der Waals surface area contributed by atoms with Gasteiger partial charge in [-0.05, 0) is 11.6 Å². The van der Waals surface area contributed by atoms with Crippen molar-refractivity contribution in [1.82, 2.24) is 0 Å². The van der Waals surface area contributed by atoms with Crippen LogP contribution < -0.4 is 0 Å². The molecule has 1 atom stereocenters. The van der Waals surface area contributed by atoms with Crippen molar-refractivity contribution in [1.29, 1.82) is 0 Å². The molecule has 0 spiro atoms. The maximum atomic E-state index is 12.5. The van der Waals surface area contributed by atoms with E-state index in [0.29, 0.717) is 0 Å². The lowest BCUT2D eigenvalue weighted by atomic mass is 10.7. The van der Waals surface area contributed by atoms with Gasteiger partial charge in [-0.1, -0.05) is 23.2 Å². The third-order valence-electron chi connectivity index (χ3n) is 0.819.